The number of aromatic hydroxyl groups is 1. The Bertz CT molecular complexity index is 573. The molecule has 2 aromatic rings. The second-order valence-corrected chi connectivity index (χ2v) is 4.70. The molecule has 0 atom stereocenters. The molecule has 0 fully saturated rings. The van der Waals surface area contributed by atoms with Crippen LogP contribution in [0.3, 0.4) is 0 Å². The number of hydrogen-bond acceptors (Lipinski definition) is 2. The predicted octanol–water partition coefficient (Wildman–Crippen LogP) is 3.77. The van der Waals surface area contributed by atoms with Gasteiger partial charge in [-0.3, -0.25) is 4.79 Å². The van der Waals surface area contributed by atoms with Crippen molar-refractivity contribution < 1.29 is 9.90 Å². The lowest BCUT2D eigenvalue weighted by atomic mass is 9.98. The monoisotopic (exact) mass is 254 g/mol. The minimum Gasteiger partial charge on any atom is -0.508 e. The third-order valence-electron chi connectivity index (χ3n) is 3.28. The van der Waals surface area contributed by atoms with Crippen LogP contribution in [0.2, 0.25) is 0 Å². The number of carbonyl (C=O) groups is 1. The smallest absolute Gasteiger partial charge is 0.160 e. The highest BCUT2D eigenvalue weighted by Gasteiger charge is 2.06. The van der Waals surface area contributed by atoms with Crippen LogP contribution in [0.15, 0.2) is 48.5 Å². The van der Waals surface area contributed by atoms with Crippen molar-refractivity contribution in [3.63, 3.8) is 0 Å². The molecule has 2 aromatic carbocycles. The molecule has 0 unspecified atom stereocenters. The first-order valence-corrected chi connectivity index (χ1v) is 6.54. The van der Waals surface area contributed by atoms with Crippen LogP contribution in [0.25, 0.3) is 0 Å². The molecule has 2 nitrogen and oxygen atoms in total. The summed E-state index contributed by atoms with van der Waals surface area (Å²) in [5.74, 6) is 0.459. The fourth-order valence-electron chi connectivity index (χ4n) is 2.27. The molecule has 0 heterocycles. The van der Waals surface area contributed by atoms with E-state index >= 15 is 0 Å². The van der Waals surface area contributed by atoms with E-state index in [0.29, 0.717) is 5.75 Å². The van der Waals surface area contributed by atoms with Crippen molar-refractivity contribution >= 4 is 5.78 Å². The van der Waals surface area contributed by atoms with E-state index in [2.05, 4.69) is 0 Å². The number of para-hydroxylation sites is 1. The fourth-order valence-corrected chi connectivity index (χ4v) is 2.27. The molecule has 0 aromatic heterocycles. The van der Waals surface area contributed by atoms with Crippen LogP contribution < -0.4 is 0 Å². The molecular weight excluding hydrogens is 236 g/mol. The van der Waals surface area contributed by atoms with Crippen LogP contribution in [-0.4, -0.2) is 10.9 Å². The SMILES string of the molecule is CC(=O)c1ccccc1CCCc1ccccc1O. The topological polar surface area (TPSA) is 37.3 Å². The van der Waals surface area contributed by atoms with E-state index < -0.39 is 0 Å². The first-order chi connectivity index (χ1) is 9.18. The summed E-state index contributed by atoms with van der Waals surface area (Å²) in [6, 6.07) is 15.1. The Balaban J connectivity index is 2.00. The van der Waals surface area contributed by atoms with Crippen LogP contribution in [0.4, 0.5) is 0 Å². The third kappa shape index (κ3) is 3.44. The van der Waals surface area contributed by atoms with Crippen LogP contribution >= 0.6 is 0 Å². The Labute approximate surface area is 113 Å². The number of carbonyl (C=O) groups excluding carboxylic acids is 1. The lowest BCUT2D eigenvalue weighted by Gasteiger charge is -2.07. The molecule has 2 rings (SSSR count). The number of hydrogen-bond donors (Lipinski definition) is 1. The first kappa shape index (κ1) is 13.3. The van der Waals surface area contributed by atoms with Crippen molar-refractivity contribution in [2.45, 2.75) is 26.2 Å². The van der Waals surface area contributed by atoms with Crippen molar-refractivity contribution in [3.8, 4) is 5.75 Å². The zero-order valence-electron chi connectivity index (χ0n) is 11.1. The molecule has 0 saturated carbocycles. The van der Waals surface area contributed by atoms with E-state index in [4.69, 9.17) is 0 Å². The van der Waals surface area contributed by atoms with Gasteiger partial charge in [0.15, 0.2) is 5.78 Å². The summed E-state index contributed by atoms with van der Waals surface area (Å²) in [6.07, 6.45) is 2.59. The molecule has 0 bridgehead atoms. The molecule has 0 amide bonds. The van der Waals surface area contributed by atoms with E-state index in [-0.39, 0.29) is 5.78 Å². The first-order valence-electron chi connectivity index (χ1n) is 6.54. The van der Waals surface area contributed by atoms with Gasteiger partial charge in [-0.15, -0.1) is 0 Å². The number of rotatable bonds is 5. The summed E-state index contributed by atoms with van der Waals surface area (Å²) in [5, 5.41) is 9.70. The summed E-state index contributed by atoms with van der Waals surface area (Å²) in [4.78, 5) is 11.5. The maximum Gasteiger partial charge on any atom is 0.160 e. The fraction of sp³-hybridized carbons (Fsp3) is 0.235. The van der Waals surface area contributed by atoms with Crippen LogP contribution in [0.1, 0.15) is 34.8 Å². The third-order valence-corrected chi connectivity index (χ3v) is 3.28. The maximum absolute atomic E-state index is 11.5. The van der Waals surface area contributed by atoms with Gasteiger partial charge in [0.1, 0.15) is 5.75 Å². The number of benzene rings is 2. The Morgan fingerprint density at radius 2 is 1.53 bits per heavy atom. The van der Waals surface area contributed by atoms with Crippen LogP contribution in [0.5, 0.6) is 5.75 Å². The van der Waals surface area contributed by atoms with Crippen molar-refractivity contribution in [1.29, 1.82) is 0 Å². The van der Waals surface area contributed by atoms with E-state index in [1.807, 2.05) is 42.5 Å². The minimum atomic E-state index is 0.109. The zero-order chi connectivity index (χ0) is 13.7. The number of phenols is 1. The molecule has 2 heteroatoms. The van der Waals surface area contributed by atoms with Gasteiger partial charge in [0, 0.05) is 5.56 Å². The second kappa shape index (κ2) is 6.19. The number of ketones is 1. The highest BCUT2D eigenvalue weighted by molar-refractivity contribution is 5.95. The van der Waals surface area contributed by atoms with Gasteiger partial charge < -0.3 is 5.11 Å². The maximum atomic E-state index is 11.5. The van der Waals surface area contributed by atoms with Crippen LogP contribution in [-0.2, 0) is 12.8 Å². The highest BCUT2D eigenvalue weighted by atomic mass is 16.3. The van der Waals surface area contributed by atoms with Gasteiger partial charge in [0.2, 0.25) is 0 Å². The van der Waals surface area contributed by atoms with Gasteiger partial charge in [-0.1, -0.05) is 42.5 Å². The zero-order valence-corrected chi connectivity index (χ0v) is 11.1. The molecule has 0 saturated heterocycles. The van der Waals surface area contributed by atoms with E-state index in [1.165, 1.54) is 0 Å². The van der Waals surface area contributed by atoms with Gasteiger partial charge >= 0.3 is 0 Å². The Kier molecular flexibility index (Phi) is 4.35. The number of phenolic OH excluding ortho intramolecular Hbond substituents is 1. The lowest BCUT2D eigenvalue weighted by molar-refractivity contribution is 0.101. The molecule has 0 spiro atoms. The molecular formula is C17H18O2. The van der Waals surface area contributed by atoms with Gasteiger partial charge in [-0.2, -0.15) is 0 Å². The summed E-state index contributed by atoms with van der Waals surface area (Å²) in [6.45, 7) is 1.60. The second-order valence-electron chi connectivity index (χ2n) is 4.70. The molecule has 0 aliphatic rings. The average Bonchev–Trinajstić information content (AvgIpc) is 2.41. The van der Waals surface area contributed by atoms with Gasteiger partial charge in [0.05, 0.1) is 0 Å². The molecule has 0 aliphatic carbocycles. The molecule has 0 aliphatic heterocycles. The predicted molar refractivity (Wildman–Crippen MR) is 76.6 cm³/mol. The van der Waals surface area contributed by atoms with E-state index in [9.17, 15) is 9.90 Å². The normalized spacial score (nSPS) is 10.4. The largest absolute Gasteiger partial charge is 0.508 e. The van der Waals surface area contributed by atoms with E-state index in [1.54, 1.807) is 13.0 Å². The highest BCUT2D eigenvalue weighted by Crippen LogP contribution is 2.19. The van der Waals surface area contributed by atoms with Crippen molar-refractivity contribution in [2.24, 2.45) is 0 Å². The van der Waals surface area contributed by atoms with Crippen LogP contribution in [0, 0.1) is 0 Å². The van der Waals surface area contributed by atoms with Gasteiger partial charge in [-0.25, -0.2) is 0 Å². The summed E-state index contributed by atoms with van der Waals surface area (Å²) in [5.41, 5.74) is 2.85. The van der Waals surface area contributed by atoms with Gasteiger partial charge in [-0.05, 0) is 43.4 Å². The summed E-state index contributed by atoms with van der Waals surface area (Å²) < 4.78 is 0. The Morgan fingerprint density at radius 1 is 0.947 bits per heavy atom. The molecule has 0 radical (unpaired) electrons. The van der Waals surface area contributed by atoms with Crippen molar-refractivity contribution in [2.75, 3.05) is 0 Å². The molecule has 19 heavy (non-hydrogen) atoms. The average molecular weight is 254 g/mol. The minimum absolute atomic E-state index is 0.109. The lowest BCUT2D eigenvalue weighted by Crippen LogP contribution is -2.00. The quantitative estimate of drug-likeness (QED) is 0.825. The van der Waals surface area contributed by atoms with Gasteiger partial charge in [0.25, 0.3) is 0 Å². The number of Topliss-reactive ketones (excluding diaryl/α,β-unsaturated/α-hetero) is 1. The number of aryl methyl sites for hydroxylation is 2. The molecule has 1 N–H and O–H groups in total. The van der Waals surface area contributed by atoms with Crippen molar-refractivity contribution in [3.05, 3.63) is 65.2 Å². The van der Waals surface area contributed by atoms with E-state index in [0.717, 1.165) is 36.0 Å². The molecule has 98 valence electrons. The van der Waals surface area contributed by atoms with Crippen molar-refractivity contribution in [1.82, 2.24) is 0 Å². The Morgan fingerprint density at radius 3 is 2.21 bits per heavy atom. The Hall–Kier alpha value is -2.09. The standard InChI is InChI=1S/C17H18O2/c1-13(18)16-11-4-2-7-14(16)9-6-10-15-8-3-5-12-17(15)19/h2-5,7-8,11-12,19H,6,9-10H2,1H3. The summed E-state index contributed by atoms with van der Waals surface area (Å²) in [7, 11) is 0. The summed E-state index contributed by atoms with van der Waals surface area (Å²) >= 11 is 0.